The van der Waals surface area contributed by atoms with E-state index in [0.717, 1.165) is 11.1 Å². The number of nitrogens with one attached hydrogen (secondary N) is 2. The van der Waals surface area contributed by atoms with Crippen molar-refractivity contribution in [3.05, 3.63) is 82.1 Å². The highest BCUT2D eigenvalue weighted by atomic mass is 16.5. The van der Waals surface area contributed by atoms with Crippen molar-refractivity contribution in [2.24, 2.45) is 0 Å². The number of ether oxygens (including phenoxy) is 4. The first-order valence-corrected chi connectivity index (χ1v) is 10.8. The summed E-state index contributed by atoms with van der Waals surface area (Å²) in [7, 11) is 4.45. The third-order valence-electron chi connectivity index (χ3n) is 5.38. The molecule has 3 aromatic carbocycles. The lowest BCUT2D eigenvalue weighted by Gasteiger charge is -2.14. The lowest BCUT2D eigenvalue weighted by atomic mass is 10.1. The first-order chi connectivity index (χ1) is 17.0. The van der Waals surface area contributed by atoms with E-state index in [2.05, 4.69) is 15.3 Å². The van der Waals surface area contributed by atoms with Crippen LogP contribution in [0.2, 0.25) is 0 Å². The van der Waals surface area contributed by atoms with Crippen LogP contribution in [0.3, 0.4) is 0 Å². The number of carbonyl (C=O) groups excluding carboxylic acids is 1. The van der Waals surface area contributed by atoms with Gasteiger partial charge in [-0.15, -0.1) is 0 Å². The highest BCUT2D eigenvalue weighted by Crippen LogP contribution is 2.41. The van der Waals surface area contributed by atoms with E-state index in [0.29, 0.717) is 46.1 Å². The van der Waals surface area contributed by atoms with Crippen molar-refractivity contribution in [2.45, 2.75) is 13.2 Å². The van der Waals surface area contributed by atoms with Gasteiger partial charge in [0.15, 0.2) is 11.5 Å². The maximum Gasteiger partial charge on any atom is 0.407 e. The van der Waals surface area contributed by atoms with Gasteiger partial charge in [0.1, 0.15) is 17.9 Å². The van der Waals surface area contributed by atoms with Gasteiger partial charge in [-0.25, -0.2) is 9.78 Å². The Labute approximate surface area is 201 Å². The number of amides is 1. The van der Waals surface area contributed by atoms with E-state index in [4.69, 9.17) is 18.9 Å². The molecule has 9 heteroatoms. The van der Waals surface area contributed by atoms with Crippen LogP contribution in [0.25, 0.3) is 22.3 Å². The first kappa shape index (κ1) is 23.6. The molecule has 0 radical (unpaired) electrons. The molecule has 0 saturated carbocycles. The summed E-state index contributed by atoms with van der Waals surface area (Å²) < 4.78 is 21.4. The second-order valence-corrected chi connectivity index (χ2v) is 7.57. The van der Waals surface area contributed by atoms with Gasteiger partial charge in [-0.2, -0.15) is 0 Å². The van der Waals surface area contributed by atoms with Crippen LogP contribution in [0.4, 0.5) is 4.79 Å². The number of benzene rings is 3. The third-order valence-corrected chi connectivity index (χ3v) is 5.38. The molecule has 1 aromatic heterocycles. The molecule has 9 nitrogen and oxygen atoms in total. The number of aromatic amines is 1. The fraction of sp³-hybridized carbons (Fsp3) is 0.192. The van der Waals surface area contributed by atoms with E-state index in [-0.39, 0.29) is 12.2 Å². The van der Waals surface area contributed by atoms with Crippen molar-refractivity contribution in [3.63, 3.8) is 0 Å². The molecular formula is C26H25N3O6. The second-order valence-electron chi connectivity index (χ2n) is 7.57. The minimum atomic E-state index is -0.505. The van der Waals surface area contributed by atoms with Gasteiger partial charge in [0.2, 0.25) is 5.75 Å². The predicted octanol–water partition coefficient (Wildman–Crippen LogP) is 4.04. The Bertz CT molecular complexity index is 1380. The summed E-state index contributed by atoms with van der Waals surface area (Å²) in [6.45, 7) is 0.493. The normalized spacial score (nSPS) is 10.6. The molecule has 35 heavy (non-hydrogen) atoms. The van der Waals surface area contributed by atoms with Gasteiger partial charge in [0.05, 0.1) is 26.7 Å². The molecule has 4 rings (SSSR count). The lowest BCUT2D eigenvalue weighted by Crippen LogP contribution is -2.23. The highest BCUT2D eigenvalue weighted by Gasteiger charge is 2.20. The standard InChI is InChI=1S/C26H25N3O6/c1-32-20-13-19-21(23(34-3)22(20)33-2)28-24(29-25(19)30)18-11-9-16(10-12-18)14-27-26(31)35-15-17-7-5-4-6-8-17/h4-13H,14-15H2,1-3H3,(H,27,31)(H,28,29,30). The number of carbonyl (C=O) groups is 1. The van der Waals surface area contributed by atoms with Crippen molar-refractivity contribution in [1.82, 2.24) is 15.3 Å². The van der Waals surface area contributed by atoms with Gasteiger partial charge in [0, 0.05) is 12.1 Å². The van der Waals surface area contributed by atoms with E-state index < -0.39 is 6.09 Å². The number of fused-ring (bicyclic) bond motifs is 1. The molecule has 0 spiro atoms. The molecule has 2 N–H and O–H groups in total. The minimum Gasteiger partial charge on any atom is -0.493 e. The summed E-state index contributed by atoms with van der Waals surface area (Å²) in [4.78, 5) is 32.2. The number of hydrogen-bond acceptors (Lipinski definition) is 7. The molecule has 0 bridgehead atoms. The quantitative estimate of drug-likeness (QED) is 0.396. The van der Waals surface area contributed by atoms with Crippen molar-refractivity contribution in [1.29, 1.82) is 0 Å². The van der Waals surface area contributed by atoms with Crippen molar-refractivity contribution in [3.8, 4) is 28.6 Å². The molecule has 0 fully saturated rings. The van der Waals surface area contributed by atoms with E-state index in [1.807, 2.05) is 54.6 Å². The van der Waals surface area contributed by atoms with Crippen LogP contribution in [0.5, 0.6) is 17.2 Å². The van der Waals surface area contributed by atoms with E-state index in [1.165, 1.54) is 21.3 Å². The monoisotopic (exact) mass is 475 g/mol. The Hall–Kier alpha value is -4.53. The number of rotatable bonds is 8. The lowest BCUT2D eigenvalue weighted by molar-refractivity contribution is 0.139. The maximum atomic E-state index is 12.8. The summed E-state index contributed by atoms with van der Waals surface area (Å²) in [5, 5.41) is 3.04. The number of nitrogens with zero attached hydrogens (tertiary/aromatic N) is 1. The van der Waals surface area contributed by atoms with Crippen LogP contribution in [-0.2, 0) is 17.9 Å². The van der Waals surface area contributed by atoms with Gasteiger partial charge in [-0.05, 0) is 17.2 Å². The van der Waals surface area contributed by atoms with Crippen molar-refractivity contribution in [2.75, 3.05) is 21.3 Å². The third kappa shape index (κ3) is 5.19. The molecule has 4 aromatic rings. The van der Waals surface area contributed by atoms with Gasteiger partial charge in [-0.3, -0.25) is 4.79 Å². The summed E-state index contributed by atoms with van der Waals surface area (Å²) in [6.07, 6.45) is -0.505. The average Bonchev–Trinajstić information content (AvgIpc) is 2.90. The largest absolute Gasteiger partial charge is 0.493 e. The Morgan fingerprint density at radius 3 is 2.29 bits per heavy atom. The van der Waals surface area contributed by atoms with Crippen LogP contribution < -0.4 is 25.1 Å². The zero-order chi connectivity index (χ0) is 24.8. The van der Waals surface area contributed by atoms with E-state index >= 15 is 0 Å². The Balaban J connectivity index is 1.50. The molecule has 0 atom stereocenters. The van der Waals surface area contributed by atoms with E-state index in [1.54, 1.807) is 6.07 Å². The summed E-state index contributed by atoms with van der Waals surface area (Å²) in [6, 6.07) is 18.3. The zero-order valence-electron chi connectivity index (χ0n) is 19.6. The van der Waals surface area contributed by atoms with Crippen LogP contribution in [0.1, 0.15) is 11.1 Å². The topological polar surface area (TPSA) is 112 Å². The molecule has 1 heterocycles. The summed E-state index contributed by atoms with van der Waals surface area (Å²) in [5.74, 6) is 1.40. The number of hydrogen-bond donors (Lipinski definition) is 2. The second kappa shape index (κ2) is 10.6. The smallest absolute Gasteiger partial charge is 0.407 e. The van der Waals surface area contributed by atoms with Crippen LogP contribution in [-0.4, -0.2) is 37.4 Å². The maximum absolute atomic E-state index is 12.8. The fourth-order valence-electron chi connectivity index (χ4n) is 3.61. The van der Waals surface area contributed by atoms with Crippen molar-refractivity contribution >= 4 is 17.0 Å². The minimum absolute atomic E-state index is 0.201. The number of alkyl carbamates (subject to hydrolysis) is 1. The molecule has 0 aliphatic carbocycles. The Morgan fingerprint density at radius 1 is 0.914 bits per heavy atom. The fourth-order valence-corrected chi connectivity index (χ4v) is 3.61. The Kier molecular flexibility index (Phi) is 7.15. The van der Waals surface area contributed by atoms with Crippen molar-refractivity contribution < 1.29 is 23.7 Å². The van der Waals surface area contributed by atoms with Gasteiger partial charge in [-0.1, -0.05) is 54.6 Å². The molecule has 0 aliphatic rings. The molecule has 0 saturated heterocycles. The molecule has 180 valence electrons. The number of methoxy groups -OCH3 is 3. The van der Waals surface area contributed by atoms with Crippen LogP contribution >= 0.6 is 0 Å². The molecular weight excluding hydrogens is 450 g/mol. The first-order valence-electron chi connectivity index (χ1n) is 10.8. The van der Waals surface area contributed by atoms with Gasteiger partial charge >= 0.3 is 6.09 Å². The van der Waals surface area contributed by atoms with Crippen LogP contribution in [0.15, 0.2) is 65.5 Å². The molecule has 0 aliphatic heterocycles. The van der Waals surface area contributed by atoms with E-state index in [9.17, 15) is 9.59 Å². The zero-order valence-corrected chi connectivity index (χ0v) is 19.6. The highest BCUT2D eigenvalue weighted by molar-refractivity contribution is 5.90. The van der Waals surface area contributed by atoms with Gasteiger partial charge < -0.3 is 29.2 Å². The number of aromatic nitrogens is 2. The SMILES string of the molecule is COc1cc2c(=O)[nH]c(-c3ccc(CNC(=O)OCc4ccccc4)cc3)nc2c(OC)c1OC. The molecule has 0 unspecified atom stereocenters. The summed E-state index contributed by atoms with van der Waals surface area (Å²) in [5.41, 5.74) is 2.48. The number of H-pyrrole nitrogens is 1. The van der Waals surface area contributed by atoms with Gasteiger partial charge in [0.25, 0.3) is 5.56 Å². The molecule has 1 amide bonds. The average molecular weight is 476 g/mol. The Morgan fingerprint density at radius 2 is 1.63 bits per heavy atom. The summed E-state index contributed by atoms with van der Waals surface area (Å²) >= 11 is 0. The predicted molar refractivity (Wildman–Crippen MR) is 131 cm³/mol. The van der Waals surface area contributed by atoms with Crippen LogP contribution in [0, 0.1) is 0 Å².